The first kappa shape index (κ1) is 13.2. The van der Waals surface area contributed by atoms with E-state index in [0.29, 0.717) is 12.8 Å². The Morgan fingerprint density at radius 2 is 1.65 bits per heavy atom. The summed E-state index contributed by atoms with van der Waals surface area (Å²) in [6, 6.07) is 0.406. The van der Waals surface area contributed by atoms with Crippen LogP contribution < -0.4 is 5.32 Å². The Morgan fingerprint density at radius 3 is 2.12 bits per heavy atom. The van der Waals surface area contributed by atoms with Crippen molar-refractivity contribution in [1.82, 2.24) is 10.2 Å². The first-order valence-corrected chi connectivity index (χ1v) is 6.45. The number of hydrogen-bond acceptors (Lipinski definition) is 2. The molecule has 100 valence electrons. The number of nitrogens with zero attached hydrogens (tertiary/aromatic N) is 1. The predicted octanol–water partition coefficient (Wildman–Crippen LogP) is 2.35. The third-order valence-electron chi connectivity index (χ3n) is 4.11. The van der Waals surface area contributed by atoms with Crippen molar-refractivity contribution in [1.29, 1.82) is 0 Å². The lowest BCUT2D eigenvalue weighted by Crippen LogP contribution is -2.55. The number of halogens is 2. The molecule has 0 heterocycles. The standard InChI is InChI=1S/C13H24F2N2/c1-12(2,3)16-10-6-8-9(13(8,14)15)7-11(10)17(4)5/h8-11,16H,6-7H2,1-5H3/t8-,9+,10-,11-/m1/s1. The van der Waals surface area contributed by atoms with Crippen LogP contribution in [0.5, 0.6) is 0 Å². The third kappa shape index (κ3) is 2.48. The molecule has 0 unspecified atom stereocenters. The van der Waals surface area contributed by atoms with E-state index in [9.17, 15) is 8.78 Å². The van der Waals surface area contributed by atoms with Gasteiger partial charge in [-0.25, -0.2) is 8.78 Å². The molecule has 0 aromatic carbocycles. The minimum absolute atomic E-state index is 0.0179. The molecule has 2 rings (SSSR count). The SMILES string of the molecule is CN(C)[C@@H]1C[C@H]2[C@@H](C[C@H]1NC(C)(C)C)C2(F)F. The summed E-state index contributed by atoms with van der Waals surface area (Å²) < 4.78 is 27.0. The van der Waals surface area contributed by atoms with E-state index in [0.717, 1.165) is 0 Å². The topological polar surface area (TPSA) is 15.3 Å². The van der Waals surface area contributed by atoms with Crippen molar-refractivity contribution in [2.45, 2.75) is 57.2 Å². The Balaban J connectivity index is 2.08. The van der Waals surface area contributed by atoms with Gasteiger partial charge in [0.05, 0.1) is 0 Å². The van der Waals surface area contributed by atoms with Crippen LogP contribution in [0.1, 0.15) is 33.6 Å². The van der Waals surface area contributed by atoms with E-state index in [1.807, 2.05) is 14.1 Å². The van der Waals surface area contributed by atoms with Crippen LogP contribution in [0.25, 0.3) is 0 Å². The molecule has 0 aromatic rings. The second kappa shape index (κ2) is 3.89. The van der Waals surface area contributed by atoms with Gasteiger partial charge in [0.2, 0.25) is 0 Å². The first-order valence-electron chi connectivity index (χ1n) is 6.45. The van der Waals surface area contributed by atoms with Gasteiger partial charge in [0, 0.05) is 29.5 Å². The normalized spacial score (nSPS) is 40.2. The van der Waals surface area contributed by atoms with Crippen molar-refractivity contribution in [2.24, 2.45) is 11.8 Å². The van der Waals surface area contributed by atoms with Crippen LogP contribution in [0.4, 0.5) is 8.78 Å². The monoisotopic (exact) mass is 246 g/mol. The molecule has 17 heavy (non-hydrogen) atoms. The fourth-order valence-corrected chi connectivity index (χ4v) is 3.24. The molecule has 1 N–H and O–H groups in total. The minimum atomic E-state index is -2.40. The number of hydrogen-bond donors (Lipinski definition) is 1. The maximum Gasteiger partial charge on any atom is 0.254 e. The molecule has 0 aliphatic heterocycles. The average molecular weight is 246 g/mol. The van der Waals surface area contributed by atoms with E-state index >= 15 is 0 Å². The van der Waals surface area contributed by atoms with Gasteiger partial charge in [-0.15, -0.1) is 0 Å². The number of alkyl halides is 2. The van der Waals surface area contributed by atoms with Gasteiger partial charge in [0.15, 0.2) is 0 Å². The van der Waals surface area contributed by atoms with Gasteiger partial charge >= 0.3 is 0 Å². The lowest BCUT2D eigenvalue weighted by Gasteiger charge is -2.39. The van der Waals surface area contributed by atoms with Gasteiger partial charge in [-0.1, -0.05) is 0 Å². The molecule has 0 bridgehead atoms. The Bertz CT molecular complexity index is 296. The lowest BCUT2D eigenvalue weighted by atomic mass is 9.88. The summed E-state index contributed by atoms with van der Waals surface area (Å²) in [4.78, 5) is 2.09. The highest BCUT2D eigenvalue weighted by Crippen LogP contribution is 2.62. The largest absolute Gasteiger partial charge is 0.308 e. The van der Waals surface area contributed by atoms with Crippen LogP contribution in [0.2, 0.25) is 0 Å². The minimum Gasteiger partial charge on any atom is -0.308 e. The van der Waals surface area contributed by atoms with Crippen molar-refractivity contribution >= 4 is 0 Å². The number of nitrogens with one attached hydrogen (secondary N) is 1. The molecule has 2 fully saturated rings. The van der Waals surface area contributed by atoms with Crippen molar-refractivity contribution in [2.75, 3.05) is 14.1 Å². The Kier molecular flexibility index (Phi) is 3.02. The van der Waals surface area contributed by atoms with E-state index in [4.69, 9.17) is 0 Å². The van der Waals surface area contributed by atoms with Gasteiger partial charge in [-0.2, -0.15) is 0 Å². The van der Waals surface area contributed by atoms with Crippen LogP contribution in [0.3, 0.4) is 0 Å². The number of rotatable bonds is 2. The van der Waals surface area contributed by atoms with E-state index in [1.54, 1.807) is 0 Å². The Labute approximate surface area is 103 Å². The average Bonchev–Trinajstić information content (AvgIpc) is 2.64. The van der Waals surface area contributed by atoms with Gasteiger partial charge in [0.25, 0.3) is 5.92 Å². The molecule has 0 amide bonds. The van der Waals surface area contributed by atoms with Crippen LogP contribution in [0, 0.1) is 11.8 Å². The summed E-state index contributed by atoms with van der Waals surface area (Å²) in [5.74, 6) is -3.14. The molecule has 0 spiro atoms. The molecular weight excluding hydrogens is 222 g/mol. The molecule has 0 saturated heterocycles. The van der Waals surface area contributed by atoms with Gasteiger partial charge in [0.1, 0.15) is 0 Å². The zero-order valence-electron chi connectivity index (χ0n) is 11.4. The van der Waals surface area contributed by atoms with E-state index in [1.165, 1.54) is 0 Å². The van der Waals surface area contributed by atoms with Crippen LogP contribution in [-0.4, -0.2) is 42.5 Å². The first-order chi connectivity index (χ1) is 7.63. The zero-order chi connectivity index (χ0) is 13.0. The molecule has 4 heteroatoms. The third-order valence-corrected chi connectivity index (χ3v) is 4.11. The second-order valence-corrected chi connectivity index (χ2v) is 6.89. The molecule has 2 saturated carbocycles. The van der Waals surface area contributed by atoms with Gasteiger partial charge in [-0.05, 0) is 47.7 Å². The van der Waals surface area contributed by atoms with E-state index in [-0.39, 0.29) is 29.5 Å². The lowest BCUT2D eigenvalue weighted by molar-refractivity contribution is 0.0836. The molecule has 2 aliphatic carbocycles. The highest BCUT2D eigenvalue weighted by molar-refractivity contribution is 5.13. The Morgan fingerprint density at radius 1 is 1.12 bits per heavy atom. The maximum absolute atomic E-state index is 13.5. The van der Waals surface area contributed by atoms with E-state index in [2.05, 4.69) is 31.0 Å². The fourth-order valence-electron chi connectivity index (χ4n) is 3.24. The fraction of sp³-hybridized carbons (Fsp3) is 1.00. The summed E-state index contributed by atoms with van der Waals surface area (Å²) in [6.45, 7) is 6.28. The Hall–Kier alpha value is -0.220. The van der Waals surface area contributed by atoms with Crippen molar-refractivity contribution in [3.8, 4) is 0 Å². The summed E-state index contributed by atoms with van der Waals surface area (Å²) in [6.07, 6.45) is 1.23. The van der Waals surface area contributed by atoms with Crippen LogP contribution in [0.15, 0.2) is 0 Å². The molecule has 0 aromatic heterocycles. The highest BCUT2D eigenvalue weighted by Gasteiger charge is 2.70. The summed E-state index contributed by atoms with van der Waals surface area (Å²) in [5, 5.41) is 3.51. The van der Waals surface area contributed by atoms with Gasteiger partial charge in [-0.3, -0.25) is 0 Å². The van der Waals surface area contributed by atoms with Crippen LogP contribution >= 0.6 is 0 Å². The molecule has 0 radical (unpaired) electrons. The zero-order valence-corrected chi connectivity index (χ0v) is 11.4. The number of likely N-dealkylation sites (N-methyl/N-ethyl adjacent to an activating group) is 1. The van der Waals surface area contributed by atoms with Crippen molar-refractivity contribution in [3.05, 3.63) is 0 Å². The second-order valence-electron chi connectivity index (χ2n) is 6.89. The van der Waals surface area contributed by atoms with Gasteiger partial charge < -0.3 is 10.2 Å². The maximum atomic E-state index is 13.5. The van der Waals surface area contributed by atoms with Crippen molar-refractivity contribution < 1.29 is 8.78 Å². The smallest absolute Gasteiger partial charge is 0.254 e. The molecular formula is C13H24F2N2. The van der Waals surface area contributed by atoms with Crippen LogP contribution in [-0.2, 0) is 0 Å². The summed E-state index contributed by atoms with van der Waals surface area (Å²) in [5.41, 5.74) is -0.0179. The summed E-state index contributed by atoms with van der Waals surface area (Å²) in [7, 11) is 3.98. The van der Waals surface area contributed by atoms with E-state index < -0.39 is 5.92 Å². The molecule has 2 nitrogen and oxygen atoms in total. The molecule has 4 atom stereocenters. The highest BCUT2D eigenvalue weighted by atomic mass is 19.3. The summed E-state index contributed by atoms with van der Waals surface area (Å²) >= 11 is 0. The van der Waals surface area contributed by atoms with Crippen molar-refractivity contribution in [3.63, 3.8) is 0 Å². The molecule has 2 aliphatic rings. The number of fused-ring (bicyclic) bond motifs is 1. The quantitative estimate of drug-likeness (QED) is 0.804. The predicted molar refractivity (Wildman–Crippen MR) is 65.3 cm³/mol.